The van der Waals surface area contributed by atoms with Crippen LogP contribution in [0.4, 0.5) is 0 Å². The molecule has 0 fully saturated rings. The van der Waals surface area contributed by atoms with Crippen molar-refractivity contribution in [3.63, 3.8) is 0 Å². The second kappa shape index (κ2) is 11.9. The second-order valence-corrected chi connectivity index (χ2v) is 7.91. The van der Waals surface area contributed by atoms with Crippen LogP contribution in [-0.2, 0) is 17.8 Å². The molecule has 1 amide bonds. The summed E-state index contributed by atoms with van der Waals surface area (Å²) in [6, 6.07) is 14.5. The van der Waals surface area contributed by atoms with Gasteiger partial charge >= 0.3 is 0 Å². The van der Waals surface area contributed by atoms with Crippen molar-refractivity contribution in [1.29, 1.82) is 0 Å². The Labute approximate surface area is 181 Å². The van der Waals surface area contributed by atoms with E-state index in [2.05, 4.69) is 65.3 Å². The van der Waals surface area contributed by atoms with Crippen LogP contribution >= 0.6 is 22.6 Å². The average molecular weight is 496 g/mol. The van der Waals surface area contributed by atoms with E-state index in [0.29, 0.717) is 30.7 Å². The highest BCUT2D eigenvalue weighted by atomic mass is 127. The summed E-state index contributed by atoms with van der Waals surface area (Å²) < 4.78 is 12.5. The molecule has 0 unspecified atom stereocenters. The molecule has 0 aliphatic heterocycles. The maximum atomic E-state index is 12.1. The van der Waals surface area contributed by atoms with Gasteiger partial charge in [0.15, 0.2) is 18.1 Å². The Morgan fingerprint density at radius 2 is 1.86 bits per heavy atom. The molecule has 2 aromatic carbocycles. The van der Waals surface area contributed by atoms with Crippen molar-refractivity contribution in [3.05, 3.63) is 57.2 Å². The number of carbonyl (C=O) groups is 1. The average Bonchev–Trinajstić information content (AvgIpc) is 2.67. The molecule has 0 aliphatic rings. The molecule has 0 aromatic heterocycles. The minimum absolute atomic E-state index is 0.0333. The lowest BCUT2D eigenvalue weighted by Gasteiger charge is -2.16. The summed E-state index contributed by atoms with van der Waals surface area (Å²) in [4.78, 5) is 12.1. The number of rotatable bonds is 11. The molecule has 0 saturated carbocycles. The Hall–Kier alpha value is -1.80. The van der Waals surface area contributed by atoms with Crippen LogP contribution in [0.25, 0.3) is 0 Å². The number of carbonyl (C=O) groups excluding carboxylic acids is 1. The number of hydrogen-bond acceptors (Lipinski definition) is 4. The van der Waals surface area contributed by atoms with Gasteiger partial charge in [0.25, 0.3) is 5.91 Å². The van der Waals surface area contributed by atoms with Gasteiger partial charge in [-0.3, -0.25) is 4.79 Å². The van der Waals surface area contributed by atoms with Gasteiger partial charge in [0.05, 0.1) is 10.2 Å². The van der Waals surface area contributed by atoms with Gasteiger partial charge < -0.3 is 20.1 Å². The zero-order chi connectivity index (χ0) is 20.4. The van der Waals surface area contributed by atoms with Crippen molar-refractivity contribution in [2.24, 2.45) is 0 Å². The van der Waals surface area contributed by atoms with Crippen molar-refractivity contribution in [2.75, 3.05) is 19.8 Å². The molecular formula is C22H29IN2O3. The zero-order valence-electron chi connectivity index (χ0n) is 16.8. The summed E-state index contributed by atoms with van der Waals surface area (Å²) in [5.41, 5.74) is 2.32. The van der Waals surface area contributed by atoms with E-state index in [-0.39, 0.29) is 12.5 Å². The van der Waals surface area contributed by atoms with Gasteiger partial charge in [0, 0.05) is 19.1 Å². The summed E-state index contributed by atoms with van der Waals surface area (Å²) in [5, 5.41) is 6.30. The minimum atomic E-state index is -0.139. The number of hydrogen-bond donors (Lipinski definition) is 2. The Morgan fingerprint density at radius 1 is 1.11 bits per heavy atom. The Kier molecular flexibility index (Phi) is 9.57. The largest absolute Gasteiger partial charge is 0.490 e. The van der Waals surface area contributed by atoms with E-state index < -0.39 is 0 Å². The van der Waals surface area contributed by atoms with Crippen LogP contribution in [0.3, 0.4) is 0 Å². The minimum Gasteiger partial charge on any atom is -0.490 e. The monoisotopic (exact) mass is 496 g/mol. The van der Waals surface area contributed by atoms with Crippen molar-refractivity contribution >= 4 is 28.5 Å². The molecule has 0 radical (unpaired) electrons. The molecule has 152 valence electrons. The third-order valence-electron chi connectivity index (χ3n) is 4.01. The fourth-order valence-electron chi connectivity index (χ4n) is 2.63. The molecule has 28 heavy (non-hydrogen) atoms. The van der Waals surface area contributed by atoms with E-state index in [1.165, 1.54) is 5.56 Å². The number of nitrogens with one attached hydrogen (secondary N) is 2. The third kappa shape index (κ3) is 7.67. The number of amides is 1. The predicted molar refractivity (Wildman–Crippen MR) is 121 cm³/mol. The van der Waals surface area contributed by atoms with Crippen LogP contribution < -0.4 is 20.1 Å². The van der Waals surface area contributed by atoms with Crippen LogP contribution in [-0.4, -0.2) is 31.7 Å². The lowest BCUT2D eigenvalue weighted by molar-refractivity contribution is -0.123. The van der Waals surface area contributed by atoms with E-state index in [0.717, 1.165) is 22.1 Å². The highest BCUT2D eigenvalue weighted by Crippen LogP contribution is 2.34. The molecule has 0 heterocycles. The van der Waals surface area contributed by atoms with Gasteiger partial charge in [-0.05, 0) is 59.2 Å². The van der Waals surface area contributed by atoms with E-state index in [4.69, 9.17) is 9.47 Å². The molecule has 0 spiro atoms. The molecule has 5 nitrogen and oxygen atoms in total. The second-order valence-electron chi connectivity index (χ2n) is 6.75. The normalized spacial score (nSPS) is 10.8. The van der Waals surface area contributed by atoms with Crippen molar-refractivity contribution in [1.82, 2.24) is 10.6 Å². The highest BCUT2D eigenvalue weighted by molar-refractivity contribution is 14.1. The molecule has 2 rings (SSSR count). The summed E-state index contributed by atoms with van der Waals surface area (Å²) >= 11 is 2.23. The predicted octanol–water partition coefficient (Wildman–Crippen LogP) is 3.93. The van der Waals surface area contributed by atoms with E-state index >= 15 is 0 Å². The SMILES string of the molecule is CCOc1cc(CNC(C)C)cc(I)c1OCC(=O)NCCc1ccccc1. The first-order valence-electron chi connectivity index (χ1n) is 9.61. The quantitative estimate of drug-likeness (QED) is 0.463. The first-order valence-corrected chi connectivity index (χ1v) is 10.7. The highest BCUT2D eigenvalue weighted by Gasteiger charge is 2.14. The lowest BCUT2D eigenvalue weighted by Crippen LogP contribution is -2.30. The summed E-state index contributed by atoms with van der Waals surface area (Å²) in [5.74, 6) is 1.15. The Balaban J connectivity index is 1.91. The summed E-state index contributed by atoms with van der Waals surface area (Å²) in [7, 11) is 0. The first kappa shape index (κ1) is 22.5. The molecule has 0 saturated heterocycles. The molecular weight excluding hydrogens is 467 g/mol. The van der Waals surface area contributed by atoms with E-state index in [1.807, 2.05) is 31.2 Å². The zero-order valence-corrected chi connectivity index (χ0v) is 18.9. The molecule has 2 aromatic rings. The van der Waals surface area contributed by atoms with Crippen LogP contribution in [0.2, 0.25) is 0 Å². The maximum absolute atomic E-state index is 12.1. The van der Waals surface area contributed by atoms with Crippen LogP contribution in [0.15, 0.2) is 42.5 Å². The van der Waals surface area contributed by atoms with Crippen LogP contribution in [0, 0.1) is 3.57 Å². The van der Waals surface area contributed by atoms with Crippen molar-refractivity contribution in [2.45, 2.75) is 39.8 Å². The van der Waals surface area contributed by atoms with E-state index in [1.54, 1.807) is 0 Å². The molecule has 2 N–H and O–H groups in total. The summed E-state index contributed by atoms with van der Waals surface area (Å²) in [6.45, 7) is 8.01. The van der Waals surface area contributed by atoms with Gasteiger partial charge in [-0.15, -0.1) is 0 Å². The first-order chi connectivity index (χ1) is 13.5. The lowest BCUT2D eigenvalue weighted by atomic mass is 10.1. The van der Waals surface area contributed by atoms with Gasteiger partial charge in [-0.25, -0.2) is 0 Å². The van der Waals surface area contributed by atoms with Gasteiger partial charge in [0.1, 0.15) is 0 Å². The van der Waals surface area contributed by atoms with Gasteiger partial charge in [-0.1, -0.05) is 44.2 Å². The smallest absolute Gasteiger partial charge is 0.257 e. The Bertz CT molecular complexity index is 751. The van der Waals surface area contributed by atoms with Crippen LogP contribution in [0.1, 0.15) is 31.9 Å². The molecule has 6 heteroatoms. The van der Waals surface area contributed by atoms with Gasteiger partial charge in [0.2, 0.25) is 0 Å². The van der Waals surface area contributed by atoms with E-state index in [9.17, 15) is 4.79 Å². The number of benzene rings is 2. The standard InChI is InChI=1S/C22H29IN2O3/c1-4-27-20-13-18(14-25-16(2)3)12-19(23)22(20)28-15-21(26)24-11-10-17-8-6-5-7-9-17/h5-9,12-13,16,25H,4,10-11,14-15H2,1-3H3,(H,24,26). The van der Waals surface area contributed by atoms with Crippen LogP contribution in [0.5, 0.6) is 11.5 Å². The fraction of sp³-hybridized carbons (Fsp3) is 0.409. The topological polar surface area (TPSA) is 59.6 Å². The number of ether oxygens (including phenoxy) is 2. The van der Waals surface area contributed by atoms with Crippen molar-refractivity contribution in [3.8, 4) is 11.5 Å². The van der Waals surface area contributed by atoms with Crippen molar-refractivity contribution < 1.29 is 14.3 Å². The Morgan fingerprint density at radius 3 is 2.54 bits per heavy atom. The van der Waals surface area contributed by atoms with Gasteiger partial charge in [-0.2, -0.15) is 0 Å². The molecule has 0 aliphatic carbocycles. The summed E-state index contributed by atoms with van der Waals surface area (Å²) in [6.07, 6.45) is 0.797. The third-order valence-corrected chi connectivity index (χ3v) is 4.81. The molecule has 0 atom stereocenters. The fourth-order valence-corrected chi connectivity index (χ4v) is 3.45. The molecule has 0 bridgehead atoms. The maximum Gasteiger partial charge on any atom is 0.257 e. The number of halogens is 1.